The lowest BCUT2D eigenvalue weighted by molar-refractivity contribution is -0.128. The van der Waals surface area contributed by atoms with Crippen LogP contribution in [0.15, 0.2) is 10.6 Å². The number of amides is 2. The van der Waals surface area contributed by atoms with E-state index in [0.29, 0.717) is 11.6 Å². The van der Waals surface area contributed by atoms with Gasteiger partial charge in [0.1, 0.15) is 5.76 Å². The highest BCUT2D eigenvalue weighted by Crippen LogP contribution is 2.13. The Hall–Kier alpha value is -1.54. The molecule has 0 aliphatic rings. The maximum atomic E-state index is 11.7. The normalized spacial score (nSPS) is 11.9. The zero-order valence-electron chi connectivity index (χ0n) is 10.4. The summed E-state index contributed by atoms with van der Waals surface area (Å²) >= 11 is 1.20. The molecule has 1 aromatic rings. The molecule has 1 atom stereocenters. The van der Waals surface area contributed by atoms with Crippen LogP contribution in [0.2, 0.25) is 0 Å². The van der Waals surface area contributed by atoms with Crippen LogP contribution in [0.3, 0.4) is 0 Å². The van der Waals surface area contributed by atoms with E-state index in [1.807, 2.05) is 0 Å². The van der Waals surface area contributed by atoms with Crippen LogP contribution in [-0.4, -0.2) is 35.1 Å². The topological polar surface area (TPSA) is 93.5 Å². The standard InChI is InChI=1S/C10H15N3O4S/c1-6-4-8(12-17-6)11-10(15)7(2)18-5-9(14)13-16-3/h4,7H,5H2,1-3H3,(H,13,14)(H,11,12,15)/t7-/m0/s1. The highest BCUT2D eigenvalue weighted by Gasteiger charge is 2.16. The minimum absolute atomic E-state index is 0.139. The van der Waals surface area contributed by atoms with Crippen molar-refractivity contribution in [3.8, 4) is 0 Å². The van der Waals surface area contributed by atoms with Gasteiger partial charge in [-0.3, -0.25) is 14.4 Å². The fourth-order valence-corrected chi connectivity index (χ4v) is 1.74. The van der Waals surface area contributed by atoms with Gasteiger partial charge in [0.15, 0.2) is 5.82 Å². The minimum atomic E-state index is -0.385. The quantitative estimate of drug-likeness (QED) is 0.742. The second-order valence-corrected chi connectivity index (χ2v) is 4.82. The summed E-state index contributed by atoms with van der Waals surface area (Å²) in [6.07, 6.45) is 0. The number of carbonyl (C=O) groups excluding carboxylic acids is 2. The Morgan fingerprint density at radius 3 is 2.89 bits per heavy atom. The molecule has 8 heteroatoms. The fraction of sp³-hybridized carbons (Fsp3) is 0.500. The van der Waals surface area contributed by atoms with Gasteiger partial charge in [-0.15, -0.1) is 11.8 Å². The average molecular weight is 273 g/mol. The summed E-state index contributed by atoms with van der Waals surface area (Å²) in [6.45, 7) is 3.43. The Balaban J connectivity index is 2.35. The second kappa shape index (κ2) is 7.02. The van der Waals surface area contributed by atoms with Crippen LogP contribution in [0, 0.1) is 6.92 Å². The number of aromatic nitrogens is 1. The highest BCUT2D eigenvalue weighted by molar-refractivity contribution is 8.01. The summed E-state index contributed by atoms with van der Waals surface area (Å²) in [5.74, 6) is 0.592. The Kier molecular flexibility index (Phi) is 5.66. The van der Waals surface area contributed by atoms with Gasteiger partial charge in [0, 0.05) is 6.07 Å². The molecule has 0 aromatic carbocycles. The van der Waals surface area contributed by atoms with Gasteiger partial charge in [0.2, 0.25) is 5.91 Å². The fourth-order valence-electron chi connectivity index (χ4n) is 1.07. The van der Waals surface area contributed by atoms with Crippen molar-refractivity contribution in [2.24, 2.45) is 0 Å². The van der Waals surface area contributed by atoms with Gasteiger partial charge in [0.25, 0.3) is 5.91 Å². The van der Waals surface area contributed by atoms with Crippen LogP contribution in [0.4, 0.5) is 5.82 Å². The molecule has 2 amide bonds. The summed E-state index contributed by atoms with van der Waals surface area (Å²) in [7, 11) is 1.35. The Morgan fingerprint density at radius 1 is 1.61 bits per heavy atom. The van der Waals surface area contributed by atoms with Gasteiger partial charge >= 0.3 is 0 Å². The van der Waals surface area contributed by atoms with Gasteiger partial charge in [-0.2, -0.15) is 0 Å². The number of rotatable bonds is 6. The summed E-state index contributed by atoms with van der Waals surface area (Å²) in [4.78, 5) is 27.3. The molecule has 7 nitrogen and oxygen atoms in total. The van der Waals surface area contributed by atoms with Crippen molar-refractivity contribution < 1.29 is 18.9 Å². The smallest absolute Gasteiger partial charge is 0.253 e. The van der Waals surface area contributed by atoms with Crippen molar-refractivity contribution in [2.45, 2.75) is 19.1 Å². The molecule has 0 spiro atoms. The summed E-state index contributed by atoms with van der Waals surface area (Å²) in [5, 5.41) is 5.85. The number of nitrogens with one attached hydrogen (secondary N) is 2. The molecule has 100 valence electrons. The average Bonchev–Trinajstić information content (AvgIpc) is 2.72. The molecule has 0 aliphatic carbocycles. The number of aryl methyl sites for hydroxylation is 1. The Morgan fingerprint density at radius 2 is 2.33 bits per heavy atom. The molecule has 1 heterocycles. The number of carbonyl (C=O) groups is 2. The maximum Gasteiger partial charge on any atom is 0.253 e. The van der Waals surface area contributed by atoms with E-state index >= 15 is 0 Å². The van der Waals surface area contributed by atoms with Crippen LogP contribution < -0.4 is 10.8 Å². The zero-order valence-corrected chi connectivity index (χ0v) is 11.2. The van der Waals surface area contributed by atoms with Gasteiger partial charge in [0.05, 0.1) is 18.1 Å². The van der Waals surface area contributed by atoms with Gasteiger partial charge in [-0.25, -0.2) is 5.48 Å². The van der Waals surface area contributed by atoms with Crippen LogP contribution in [0.1, 0.15) is 12.7 Å². The predicted octanol–water partition coefficient (Wildman–Crippen LogP) is 0.721. The molecule has 0 aliphatic heterocycles. The van der Waals surface area contributed by atoms with Crippen molar-refractivity contribution >= 4 is 29.4 Å². The molecule has 1 aromatic heterocycles. The number of hydroxylamine groups is 1. The van der Waals surface area contributed by atoms with Gasteiger partial charge in [-0.1, -0.05) is 5.16 Å². The van der Waals surface area contributed by atoms with Crippen LogP contribution >= 0.6 is 11.8 Å². The predicted molar refractivity (Wildman–Crippen MR) is 66.9 cm³/mol. The third-order valence-corrected chi connectivity index (χ3v) is 3.07. The molecule has 0 unspecified atom stereocenters. The molecule has 0 saturated heterocycles. The molecular weight excluding hydrogens is 258 g/mol. The van der Waals surface area contributed by atoms with E-state index < -0.39 is 0 Å². The lowest BCUT2D eigenvalue weighted by atomic mass is 10.4. The van der Waals surface area contributed by atoms with Crippen molar-refractivity contribution in [2.75, 3.05) is 18.2 Å². The first-order chi connectivity index (χ1) is 8.52. The summed E-state index contributed by atoms with van der Waals surface area (Å²) < 4.78 is 4.82. The molecule has 2 N–H and O–H groups in total. The number of thioether (sulfide) groups is 1. The van der Waals surface area contributed by atoms with E-state index in [9.17, 15) is 9.59 Å². The third kappa shape index (κ3) is 4.76. The molecule has 0 fully saturated rings. The first-order valence-corrected chi connectivity index (χ1v) is 6.25. The first-order valence-electron chi connectivity index (χ1n) is 5.20. The van der Waals surface area contributed by atoms with E-state index in [-0.39, 0.29) is 22.8 Å². The Labute approximate surface area is 109 Å². The number of hydrogen-bond donors (Lipinski definition) is 2. The van der Waals surface area contributed by atoms with E-state index in [1.165, 1.54) is 18.9 Å². The van der Waals surface area contributed by atoms with Gasteiger partial charge < -0.3 is 9.84 Å². The lowest BCUT2D eigenvalue weighted by Crippen LogP contribution is -2.28. The van der Waals surface area contributed by atoms with E-state index in [0.717, 1.165) is 0 Å². The number of anilines is 1. The molecule has 0 bridgehead atoms. The SMILES string of the molecule is CONC(=O)CS[C@@H](C)C(=O)Nc1cc(C)on1. The minimum Gasteiger partial charge on any atom is -0.360 e. The summed E-state index contributed by atoms with van der Waals surface area (Å²) in [6, 6.07) is 1.62. The molecular formula is C10H15N3O4S. The van der Waals surface area contributed by atoms with E-state index in [2.05, 4.69) is 20.8 Å². The van der Waals surface area contributed by atoms with Crippen LogP contribution in [0.5, 0.6) is 0 Å². The van der Waals surface area contributed by atoms with Crippen molar-refractivity contribution in [1.29, 1.82) is 0 Å². The van der Waals surface area contributed by atoms with Crippen molar-refractivity contribution in [1.82, 2.24) is 10.6 Å². The molecule has 1 rings (SSSR count). The summed E-state index contributed by atoms with van der Waals surface area (Å²) in [5.41, 5.74) is 2.17. The van der Waals surface area contributed by atoms with E-state index in [1.54, 1.807) is 19.9 Å². The molecule has 0 radical (unpaired) electrons. The van der Waals surface area contributed by atoms with Crippen molar-refractivity contribution in [3.63, 3.8) is 0 Å². The first kappa shape index (κ1) is 14.5. The highest BCUT2D eigenvalue weighted by atomic mass is 32.2. The number of hydrogen-bond acceptors (Lipinski definition) is 6. The molecule has 0 saturated carbocycles. The van der Waals surface area contributed by atoms with Gasteiger partial charge in [-0.05, 0) is 13.8 Å². The largest absolute Gasteiger partial charge is 0.360 e. The monoisotopic (exact) mass is 273 g/mol. The Bertz CT molecular complexity index is 421. The van der Waals surface area contributed by atoms with Crippen LogP contribution in [-0.2, 0) is 14.4 Å². The molecule has 18 heavy (non-hydrogen) atoms. The lowest BCUT2D eigenvalue weighted by Gasteiger charge is -2.09. The zero-order chi connectivity index (χ0) is 13.5. The second-order valence-electron chi connectivity index (χ2n) is 3.49. The number of nitrogens with zero attached hydrogens (tertiary/aromatic N) is 1. The third-order valence-electron chi connectivity index (χ3n) is 1.93. The van der Waals surface area contributed by atoms with Crippen LogP contribution in [0.25, 0.3) is 0 Å². The van der Waals surface area contributed by atoms with E-state index in [4.69, 9.17) is 4.52 Å². The van der Waals surface area contributed by atoms with Crippen molar-refractivity contribution in [3.05, 3.63) is 11.8 Å². The maximum absolute atomic E-state index is 11.7.